The second kappa shape index (κ2) is 5.32. The fourth-order valence-electron chi connectivity index (χ4n) is 2.25. The van der Waals surface area contributed by atoms with Gasteiger partial charge in [-0.25, -0.2) is 0 Å². The second-order valence-electron chi connectivity index (χ2n) is 5.01. The fourth-order valence-corrected chi connectivity index (χ4v) is 2.25. The number of furan rings is 1. The summed E-state index contributed by atoms with van der Waals surface area (Å²) in [7, 11) is 0. The Morgan fingerprint density at radius 2 is 1.95 bits per heavy atom. The molecule has 3 aromatic rings. The van der Waals surface area contributed by atoms with Crippen LogP contribution in [0, 0.1) is 0 Å². The van der Waals surface area contributed by atoms with Crippen molar-refractivity contribution in [2.45, 2.75) is 13.0 Å². The minimum atomic E-state index is -0.216. The highest BCUT2D eigenvalue weighted by molar-refractivity contribution is 5.95. The number of nitrogens with one attached hydrogen (secondary N) is 1. The van der Waals surface area contributed by atoms with Gasteiger partial charge in [0, 0.05) is 16.6 Å². The van der Waals surface area contributed by atoms with E-state index in [4.69, 9.17) is 10.2 Å². The van der Waals surface area contributed by atoms with E-state index in [-0.39, 0.29) is 11.9 Å². The van der Waals surface area contributed by atoms with E-state index in [9.17, 15) is 4.79 Å². The number of carbonyl (C=O) groups is 1. The molecule has 0 fully saturated rings. The number of fused-ring (bicyclic) bond motifs is 1. The van der Waals surface area contributed by atoms with E-state index in [0.717, 1.165) is 16.7 Å². The SMILES string of the molecule is CC(NC(=O)c1cccc(N)c1)c1cc2ccccc2o1. The summed E-state index contributed by atoms with van der Waals surface area (Å²) in [4.78, 5) is 12.2. The Morgan fingerprint density at radius 3 is 2.71 bits per heavy atom. The zero-order valence-electron chi connectivity index (χ0n) is 11.7. The molecule has 21 heavy (non-hydrogen) atoms. The predicted molar refractivity (Wildman–Crippen MR) is 82.9 cm³/mol. The highest BCUT2D eigenvalue weighted by Gasteiger charge is 2.15. The molecule has 1 amide bonds. The molecule has 4 heteroatoms. The van der Waals surface area contributed by atoms with E-state index in [1.54, 1.807) is 24.3 Å². The number of anilines is 1. The summed E-state index contributed by atoms with van der Waals surface area (Å²) in [6.07, 6.45) is 0. The molecule has 0 spiro atoms. The van der Waals surface area contributed by atoms with E-state index < -0.39 is 0 Å². The third-order valence-corrected chi connectivity index (χ3v) is 3.37. The first-order valence-corrected chi connectivity index (χ1v) is 6.78. The van der Waals surface area contributed by atoms with E-state index in [1.165, 1.54) is 0 Å². The lowest BCUT2D eigenvalue weighted by molar-refractivity contribution is 0.0936. The molecule has 3 rings (SSSR count). The van der Waals surface area contributed by atoms with Gasteiger partial charge in [0.25, 0.3) is 5.91 Å². The van der Waals surface area contributed by atoms with Gasteiger partial charge in [-0.05, 0) is 37.3 Å². The third-order valence-electron chi connectivity index (χ3n) is 3.37. The van der Waals surface area contributed by atoms with Crippen LogP contribution in [0.1, 0.15) is 29.1 Å². The van der Waals surface area contributed by atoms with Gasteiger partial charge in [0.15, 0.2) is 0 Å². The number of rotatable bonds is 3. The van der Waals surface area contributed by atoms with Crippen molar-refractivity contribution >= 4 is 22.6 Å². The summed E-state index contributed by atoms with van der Waals surface area (Å²) in [5, 5.41) is 3.94. The van der Waals surface area contributed by atoms with Crippen LogP contribution >= 0.6 is 0 Å². The third kappa shape index (κ3) is 2.74. The van der Waals surface area contributed by atoms with Gasteiger partial charge in [0.05, 0.1) is 6.04 Å². The lowest BCUT2D eigenvalue weighted by atomic mass is 10.1. The minimum absolute atomic E-state index is 0.171. The van der Waals surface area contributed by atoms with Crippen LogP contribution in [0.5, 0.6) is 0 Å². The van der Waals surface area contributed by atoms with Crippen LogP contribution < -0.4 is 11.1 Å². The first kappa shape index (κ1) is 13.2. The molecule has 0 saturated carbocycles. The molecule has 106 valence electrons. The van der Waals surface area contributed by atoms with Crippen molar-refractivity contribution < 1.29 is 9.21 Å². The van der Waals surface area contributed by atoms with Gasteiger partial charge in [-0.2, -0.15) is 0 Å². The quantitative estimate of drug-likeness (QED) is 0.721. The van der Waals surface area contributed by atoms with Crippen LogP contribution in [0.3, 0.4) is 0 Å². The van der Waals surface area contributed by atoms with Crippen LogP contribution in [0.2, 0.25) is 0 Å². The average molecular weight is 280 g/mol. The maximum Gasteiger partial charge on any atom is 0.251 e. The molecule has 1 aromatic heterocycles. The number of nitrogens with two attached hydrogens (primary N) is 1. The highest BCUT2D eigenvalue weighted by atomic mass is 16.3. The van der Waals surface area contributed by atoms with Crippen molar-refractivity contribution in [3.8, 4) is 0 Å². The van der Waals surface area contributed by atoms with Crippen molar-refractivity contribution in [3.05, 3.63) is 65.9 Å². The summed E-state index contributed by atoms with van der Waals surface area (Å²) in [6.45, 7) is 1.89. The van der Waals surface area contributed by atoms with Crippen molar-refractivity contribution in [2.24, 2.45) is 0 Å². The molecule has 1 unspecified atom stereocenters. The van der Waals surface area contributed by atoms with E-state index in [0.29, 0.717) is 11.3 Å². The maximum absolute atomic E-state index is 12.2. The van der Waals surface area contributed by atoms with E-state index in [1.807, 2.05) is 37.3 Å². The molecule has 0 radical (unpaired) electrons. The first-order valence-electron chi connectivity index (χ1n) is 6.78. The Hall–Kier alpha value is -2.75. The molecule has 0 bridgehead atoms. The molecular weight excluding hydrogens is 264 g/mol. The van der Waals surface area contributed by atoms with Crippen molar-refractivity contribution in [1.29, 1.82) is 0 Å². The lowest BCUT2D eigenvalue weighted by Crippen LogP contribution is -2.26. The van der Waals surface area contributed by atoms with Gasteiger partial charge in [-0.15, -0.1) is 0 Å². The zero-order valence-corrected chi connectivity index (χ0v) is 11.7. The van der Waals surface area contributed by atoms with Crippen LogP contribution in [-0.2, 0) is 0 Å². The second-order valence-corrected chi connectivity index (χ2v) is 5.01. The topological polar surface area (TPSA) is 68.3 Å². The highest BCUT2D eigenvalue weighted by Crippen LogP contribution is 2.23. The molecular formula is C17H16N2O2. The number of carbonyl (C=O) groups excluding carboxylic acids is 1. The molecule has 1 atom stereocenters. The molecule has 1 heterocycles. The number of nitrogen functional groups attached to an aromatic ring is 1. The van der Waals surface area contributed by atoms with Gasteiger partial charge in [-0.1, -0.05) is 24.3 Å². The smallest absolute Gasteiger partial charge is 0.251 e. The van der Waals surface area contributed by atoms with Crippen LogP contribution in [0.4, 0.5) is 5.69 Å². The Bertz CT molecular complexity index is 759. The van der Waals surface area contributed by atoms with Gasteiger partial charge in [-0.3, -0.25) is 4.79 Å². The van der Waals surface area contributed by atoms with Crippen LogP contribution in [0.25, 0.3) is 11.0 Å². The Balaban J connectivity index is 1.79. The monoisotopic (exact) mass is 280 g/mol. The number of amides is 1. The van der Waals surface area contributed by atoms with Gasteiger partial charge >= 0.3 is 0 Å². The number of hydrogen-bond acceptors (Lipinski definition) is 3. The number of para-hydroxylation sites is 1. The Morgan fingerprint density at radius 1 is 1.14 bits per heavy atom. The summed E-state index contributed by atoms with van der Waals surface area (Å²) in [6, 6.07) is 16.4. The summed E-state index contributed by atoms with van der Waals surface area (Å²) in [5.41, 5.74) is 7.62. The minimum Gasteiger partial charge on any atom is -0.459 e. The first-order chi connectivity index (χ1) is 10.1. The van der Waals surface area contributed by atoms with E-state index in [2.05, 4.69) is 5.32 Å². The van der Waals surface area contributed by atoms with Crippen molar-refractivity contribution in [2.75, 3.05) is 5.73 Å². The molecule has 0 aliphatic rings. The molecule has 3 N–H and O–H groups in total. The molecule has 2 aromatic carbocycles. The van der Waals surface area contributed by atoms with Gasteiger partial charge < -0.3 is 15.5 Å². The van der Waals surface area contributed by atoms with Gasteiger partial charge in [0.2, 0.25) is 0 Å². The van der Waals surface area contributed by atoms with Crippen LogP contribution in [-0.4, -0.2) is 5.91 Å². The number of hydrogen-bond donors (Lipinski definition) is 2. The standard InChI is InChI=1S/C17H16N2O2/c1-11(16-10-12-5-2-3-8-15(12)21-16)19-17(20)13-6-4-7-14(18)9-13/h2-11H,18H2,1H3,(H,19,20). The molecule has 0 aliphatic heterocycles. The van der Waals surface area contributed by atoms with Crippen molar-refractivity contribution in [3.63, 3.8) is 0 Å². The van der Waals surface area contributed by atoms with Crippen LogP contribution in [0.15, 0.2) is 59.0 Å². The average Bonchev–Trinajstić information content (AvgIpc) is 2.91. The largest absolute Gasteiger partial charge is 0.459 e. The normalized spacial score (nSPS) is 12.2. The van der Waals surface area contributed by atoms with Crippen molar-refractivity contribution in [1.82, 2.24) is 5.32 Å². The Labute approximate surface area is 122 Å². The zero-order chi connectivity index (χ0) is 14.8. The maximum atomic E-state index is 12.2. The predicted octanol–water partition coefficient (Wildman–Crippen LogP) is 3.51. The lowest BCUT2D eigenvalue weighted by Gasteiger charge is -2.11. The number of benzene rings is 2. The Kier molecular flexibility index (Phi) is 3.36. The summed E-state index contributed by atoms with van der Waals surface area (Å²) >= 11 is 0. The molecule has 4 nitrogen and oxygen atoms in total. The van der Waals surface area contributed by atoms with E-state index >= 15 is 0 Å². The summed E-state index contributed by atoms with van der Waals surface area (Å²) < 4.78 is 5.75. The summed E-state index contributed by atoms with van der Waals surface area (Å²) in [5.74, 6) is 0.559. The fraction of sp³-hybridized carbons (Fsp3) is 0.118. The molecule has 0 saturated heterocycles. The molecule has 0 aliphatic carbocycles. The van der Waals surface area contributed by atoms with Gasteiger partial charge in [0.1, 0.15) is 11.3 Å².